The number of nitroso groups, excluding NO2 is 1. The third kappa shape index (κ3) is 1.29. The summed E-state index contributed by atoms with van der Waals surface area (Å²) in [5.41, 5.74) is 0.539. The van der Waals surface area contributed by atoms with Gasteiger partial charge in [-0.2, -0.15) is 0 Å². The Morgan fingerprint density at radius 3 is 2.55 bits per heavy atom. The van der Waals surface area contributed by atoms with Crippen LogP contribution >= 0.6 is 0 Å². The number of aromatic hydroxyl groups is 2. The number of benzene rings is 1. The molecule has 0 aliphatic rings. The minimum atomic E-state index is -0.467. The maximum atomic E-state index is 10.0. The average molecular weight is 153 g/mol. The molecule has 0 unspecified atom stereocenters. The Balaban J connectivity index is 3.35. The largest absolute Gasteiger partial charge is 0.504 e. The van der Waals surface area contributed by atoms with E-state index in [2.05, 4.69) is 5.18 Å². The van der Waals surface area contributed by atoms with Gasteiger partial charge in [0.15, 0.2) is 17.2 Å². The van der Waals surface area contributed by atoms with Gasteiger partial charge in [-0.15, -0.1) is 4.91 Å². The van der Waals surface area contributed by atoms with Crippen LogP contribution in [0, 0.1) is 11.8 Å². The van der Waals surface area contributed by atoms with Crippen LogP contribution in [0.4, 0.5) is 5.69 Å². The van der Waals surface area contributed by atoms with E-state index in [1.54, 1.807) is 6.92 Å². The van der Waals surface area contributed by atoms with Crippen molar-refractivity contribution in [2.45, 2.75) is 6.92 Å². The smallest absolute Gasteiger partial charge is 0.187 e. The standard InChI is InChI=1S/C7H7NO3/c1-4-2-5(8-11)7(10)6(9)3-4/h2-3,9-10H,1H3. The first kappa shape index (κ1) is 7.53. The van der Waals surface area contributed by atoms with Crippen LogP contribution in [0.25, 0.3) is 0 Å². The highest BCUT2D eigenvalue weighted by Gasteiger charge is 2.06. The highest BCUT2D eigenvalue weighted by molar-refractivity contribution is 5.59. The quantitative estimate of drug-likeness (QED) is 0.477. The predicted octanol–water partition coefficient (Wildman–Crippen LogP) is 1.80. The molecule has 58 valence electrons. The van der Waals surface area contributed by atoms with E-state index in [9.17, 15) is 4.91 Å². The number of hydrogen-bond donors (Lipinski definition) is 2. The summed E-state index contributed by atoms with van der Waals surface area (Å²) in [6.07, 6.45) is 0. The number of phenols is 2. The lowest BCUT2D eigenvalue weighted by Gasteiger charge is -1.99. The molecular formula is C7H7NO3. The Labute approximate surface area is 63.1 Å². The molecule has 1 aromatic carbocycles. The topological polar surface area (TPSA) is 69.9 Å². The van der Waals surface area contributed by atoms with Crippen molar-refractivity contribution in [2.24, 2.45) is 5.18 Å². The summed E-state index contributed by atoms with van der Waals surface area (Å²) in [5.74, 6) is -0.787. The summed E-state index contributed by atoms with van der Waals surface area (Å²) >= 11 is 0. The molecule has 4 heteroatoms. The second kappa shape index (κ2) is 2.57. The maximum absolute atomic E-state index is 10.0. The summed E-state index contributed by atoms with van der Waals surface area (Å²) in [4.78, 5) is 10.0. The molecule has 0 fully saturated rings. The first-order valence-electron chi connectivity index (χ1n) is 3.01. The Morgan fingerprint density at radius 1 is 1.36 bits per heavy atom. The molecule has 0 bridgehead atoms. The molecule has 0 aliphatic heterocycles. The fourth-order valence-electron chi connectivity index (χ4n) is 0.810. The molecule has 0 amide bonds. The van der Waals surface area contributed by atoms with Crippen LogP contribution < -0.4 is 0 Å². The number of rotatable bonds is 1. The van der Waals surface area contributed by atoms with E-state index < -0.39 is 5.75 Å². The number of phenolic OH excluding ortho intramolecular Hbond substituents is 2. The van der Waals surface area contributed by atoms with E-state index in [1.165, 1.54) is 12.1 Å². The molecule has 0 saturated carbocycles. The van der Waals surface area contributed by atoms with Gasteiger partial charge < -0.3 is 10.2 Å². The zero-order chi connectivity index (χ0) is 8.43. The minimum Gasteiger partial charge on any atom is -0.504 e. The molecule has 4 nitrogen and oxygen atoms in total. The van der Waals surface area contributed by atoms with E-state index >= 15 is 0 Å². The van der Waals surface area contributed by atoms with Gasteiger partial charge in [-0.05, 0) is 29.8 Å². The zero-order valence-electron chi connectivity index (χ0n) is 5.90. The van der Waals surface area contributed by atoms with Crippen molar-refractivity contribution >= 4 is 5.69 Å². The van der Waals surface area contributed by atoms with Gasteiger partial charge in [0.2, 0.25) is 0 Å². The van der Waals surface area contributed by atoms with Gasteiger partial charge in [-0.3, -0.25) is 0 Å². The molecule has 0 heterocycles. The summed E-state index contributed by atoms with van der Waals surface area (Å²) in [7, 11) is 0. The summed E-state index contributed by atoms with van der Waals surface area (Å²) in [6, 6.07) is 2.74. The molecule has 11 heavy (non-hydrogen) atoms. The SMILES string of the molecule is Cc1cc(O)c(O)c(N=O)c1. The monoisotopic (exact) mass is 153 g/mol. The highest BCUT2D eigenvalue weighted by Crippen LogP contribution is 2.35. The molecule has 0 atom stereocenters. The van der Waals surface area contributed by atoms with Crippen LogP contribution in [0.5, 0.6) is 11.5 Å². The lowest BCUT2D eigenvalue weighted by molar-refractivity contribution is 0.404. The van der Waals surface area contributed by atoms with Crippen LogP contribution in [-0.2, 0) is 0 Å². The van der Waals surface area contributed by atoms with Gasteiger partial charge in [0, 0.05) is 0 Å². The zero-order valence-corrected chi connectivity index (χ0v) is 5.90. The fraction of sp³-hybridized carbons (Fsp3) is 0.143. The van der Waals surface area contributed by atoms with Gasteiger partial charge >= 0.3 is 0 Å². The molecule has 0 aliphatic carbocycles. The molecule has 0 radical (unpaired) electrons. The Bertz CT molecular complexity index is 296. The van der Waals surface area contributed by atoms with Crippen LogP contribution in [0.3, 0.4) is 0 Å². The van der Waals surface area contributed by atoms with E-state index in [0.29, 0.717) is 5.56 Å². The van der Waals surface area contributed by atoms with Gasteiger partial charge in [-0.1, -0.05) is 0 Å². The van der Waals surface area contributed by atoms with Crippen LogP contribution in [-0.4, -0.2) is 10.2 Å². The van der Waals surface area contributed by atoms with Crippen molar-refractivity contribution in [2.75, 3.05) is 0 Å². The lowest BCUT2D eigenvalue weighted by Crippen LogP contribution is -1.74. The molecule has 0 aromatic heterocycles. The van der Waals surface area contributed by atoms with Crippen molar-refractivity contribution in [1.82, 2.24) is 0 Å². The van der Waals surface area contributed by atoms with Gasteiger partial charge in [-0.25, -0.2) is 0 Å². The van der Waals surface area contributed by atoms with Crippen molar-refractivity contribution in [3.8, 4) is 11.5 Å². The third-order valence-corrected chi connectivity index (χ3v) is 1.31. The first-order valence-corrected chi connectivity index (χ1v) is 3.01. The predicted molar refractivity (Wildman–Crippen MR) is 40.0 cm³/mol. The Kier molecular flexibility index (Phi) is 1.76. The number of nitrogens with zero attached hydrogens (tertiary/aromatic N) is 1. The molecular weight excluding hydrogens is 146 g/mol. The fourth-order valence-corrected chi connectivity index (χ4v) is 0.810. The van der Waals surface area contributed by atoms with E-state index in [-0.39, 0.29) is 11.4 Å². The third-order valence-electron chi connectivity index (χ3n) is 1.31. The first-order chi connectivity index (χ1) is 5.15. The molecule has 0 spiro atoms. The molecule has 1 rings (SSSR count). The van der Waals surface area contributed by atoms with Crippen LogP contribution in [0.15, 0.2) is 17.3 Å². The van der Waals surface area contributed by atoms with Gasteiger partial charge in [0.25, 0.3) is 0 Å². The van der Waals surface area contributed by atoms with Gasteiger partial charge in [0.1, 0.15) is 0 Å². The van der Waals surface area contributed by atoms with Crippen molar-refractivity contribution in [3.63, 3.8) is 0 Å². The second-order valence-electron chi connectivity index (χ2n) is 2.24. The van der Waals surface area contributed by atoms with E-state index in [4.69, 9.17) is 10.2 Å². The Morgan fingerprint density at radius 2 is 2.00 bits per heavy atom. The van der Waals surface area contributed by atoms with Gasteiger partial charge in [0.05, 0.1) is 0 Å². The number of aryl methyl sites for hydroxylation is 1. The van der Waals surface area contributed by atoms with E-state index in [0.717, 1.165) is 0 Å². The van der Waals surface area contributed by atoms with Crippen LogP contribution in [0.2, 0.25) is 0 Å². The van der Waals surface area contributed by atoms with Crippen molar-refractivity contribution in [3.05, 3.63) is 22.6 Å². The average Bonchev–Trinajstić information content (AvgIpc) is 1.96. The lowest BCUT2D eigenvalue weighted by atomic mass is 10.2. The maximum Gasteiger partial charge on any atom is 0.187 e. The summed E-state index contributed by atoms with van der Waals surface area (Å²) in [6.45, 7) is 1.69. The van der Waals surface area contributed by atoms with E-state index in [1.807, 2.05) is 0 Å². The van der Waals surface area contributed by atoms with Crippen molar-refractivity contribution in [1.29, 1.82) is 0 Å². The van der Waals surface area contributed by atoms with Crippen molar-refractivity contribution < 1.29 is 10.2 Å². The van der Waals surface area contributed by atoms with Crippen LogP contribution in [0.1, 0.15) is 5.56 Å². The minimum absolute atomic E-state index is 0.137. The molecule has 1 aromatic rings. The Hall–Kier alpha value is -1.58. The summed E-state index contributed by atoms with van der Waals surface area (Å²) < 4.78 is 0. The second-order valence-corrected chi connectivity index (χ2v) is 2.24. The molecule has 0 saturated heterocycles. The molecule has 2 N–H and O–H groups in total. The highest BCUT2D eigenvalue weighted by atomic mass is 16.3. The number of hydrogen-bond acceptors (Lipinski definition) is 4. The normalized spacial score (nSPS) is 9.55. The summed E-state index contributed by atoms with van der Waals surface area (Å²) in [5, 5.41) is 20.5.